The molecule has 5 nitrogen and oxygen atoms in total. The molecule has 1 unspecified atom stereocenters. The first kappa shape index (κ1) is 15.4. The summed E-state index contributed by atoms with van der Waals surface area (Å²) in [5.41, 5.74) is 0.546. The van der Waals surface area contributed by atoms with E-state index in [4.69, 9.17) is 9.47 Å². The Hall–Kier alpha value is -2.04. The minimum absolute atomic E-state index is 0.0901. The molecule has 1 aromatic carbocycles. The first-order valence-electron chi connectivity index (χ1n) is 7.26. The van der Waals surface area contributed by atoms with E-state index in [1.807, 2.05) is 19.1 Å². The zero-order valence-electron chi connectivity index (χ0n) is 12.5. The molecule has 0 spiro atoms. The summed E-state index contributed by atoms with van der Waals surface area (Å²) in [5, 5.41) is 0. The number of carbonyl (C=O) groups excluding carboxylic acids is 2. The summed E-state index contributed by atoms with van der Waals surface area (Å²) < 4.78 is 10.3. The van der Waals surface area contributed by atoms with Crippen LogP contribution in [0.3, 0.4) is 0 Å². The van der Waals surface area contributed by atoms with Crippen molar-refractivity contribution in [3.63, 3.8) is 0 Å². The lowest BCUT2D eigenvalue weighted by atomic mass is 9.97. The smallest absolute Gasteiger partial charge is 0.310 e. The molecule has 1 amide bonds. The Kier molecular flexibility index (Phi) is 5.20. The molecule has 1 heterocycles. The Morgan fingerprint density at radius 3 is 2.81 bits per heavy atom. The van der Waals surface area contributed by atoms with Crippen LogP contribution in [0.15, 0.2) is 24.3 Å². The number of esters is 1. The highest BCUT2D eigenvalue weighted by atomic mass is 16.5. The van der Waals surface area contributed by atoms with E-state index < -0.39 is 0 Å². The molecule has 5 heteroatoms. The van der Waals surface area contributed by atoms with Gasteiger partial charge in [0, 0.05) is 13.1 Å². The molecule has 0 saturated carbocycles. The molecular weight excluding hydrogens is 270 g/mol. The van der Waals surface area contributed by atoms with Crippen molar-refractivity contribution in [1.82, 2.24) is 4.90 Å². The van der Waals surface area contributed by atoms with Crippen molar-refractivity contribution in [2.24, 2.45) is 5.92 Å². The van der Waals surface area contributed by atoms with Gasteiger partial charge in [0.15, 0.2) is 0 Å². The molecule has 0 N–H and O–H groups in total. The van der Waals surface area contributed by atoms with Gasteiger partial charge < -0.3 is 14.4 Å². The second kappa shape index (κ2) is 7.11. The van der Waals surface area contributed by atoms with Gasteiger partial charge in [-0.15, -0.1) is 0 Å². The zero-order chi connectivity index (χ0) is 15.2. The normalized spacial score (nSPS) is 18.2. The van der Waals surface area contributed by atoms with Crippen LogP contribution in [0.2, 0.25) is 0 Å². The fourth-order valence-electron chi connectivity index (χ4n) is 2.62. The molecule has 0 aromatic heterocycles. The SMILES string of the molecule is CCOc1ccccc1C(=O)N1CCCC(C(=O)OC)C1. The third kappa shape index (κ3) is 3.54. The van der Waals surface area contributed by atoms with Gasteiger partial charge in [0.25, 0.3) is 5.91 Å². The maximum absolute atomic E-state index is 12.6. The van der Waals surface area contributed by atoms with Gasteiger partial charge in [-0.25, -0.2) is 0 Å². The van der Waals surface area contributed by atoms with Gasteiger partial charge in [0.2, 0.25) is 0 Å². The maximum atomic E-state index is 12.6. The van der Waals surface area contributed by atoms with Crippen LogP contribution in [0, 0.1) is 5.92 Å². The number of carbonyl (C=O) groups is 2. The molecule has 1 aromatic rings. The number of likely N-dealkylation sites (tertiary alicyclic amines) is 1. The van der Waals surface area contributed by atoms with Gasteiger partial charge in [0.1, 0.15) is 5.75 Å². The number of piperidine rings is 1. The van der Waals surface area contributed by atoms with Gasteiger partial charge >= 0.3 is 5.97 Å². The van der Waals surface area contributed by atoms with Crippen molar-refractivity contribution in [2.45, 2.75) is 19.8 Å². The van der Waals surface area contributed by atoms with Crippen LogP contribution in [0.5, 0.6) is 5.75 Å². The van der Waals surface area contributed by atoms with Crippen molar-refractivity contribution in [3.05, 3.63) is 29.8 Å². The second-order valence-corrected chi connectivity index (χ2v) is 5.04. The summed E-state index contributed by atoms with van der Waals surface area (Å²) in [6.07, 6.45) is 1.58. The van der Waals surface area contributed by atoms with E-state index in [0.29, 0.717) is 31.0 Å². The number of para-hydroxylation sites is 1. The summed E-state index contributed by atoms with van der Waals surface area (Å²) in [6.45, 7) is 3.46. The summed E-state index contributed by atoms with van der Waals surface area (Å²) in [5.74, 6) is 0.0235. The number of amides is 1. The van der Waals surface area contributed by atoms with Crippen LogP contribution in [-0.4, -0.2) is 43.6 Å². The lowest BCUT2D eigenvalue weighted by molar-refractivity contribution is -0.146. The second-order valence-electron chi connectivity index (χ2n) is 5.04. The van der Waals surface area contributed by atoms with Crippen LogP contribution in [0.4, 0.5) is 0 Å². The largest absolute Gasteiger partial charge is 0.493 e. The molecule has 21 heavy (non-hydrogen) atoms. The van der Waals surface area contributed by atoms with Gasteiger partial charge in [-0.2, -0.15) is 0 Å². The number of benzene rings is 1. The van der Waals surface area contributed by atoms with Crippen LogP contribution < -0.4 is 4.74 Å². The Morgan fingerprint density at radius 1 is 1.33 bits per heavy atom. The van der Waals surface area contributed by atoms with E-state index in [0.717, 1.165) is 12.8 Å². The number of ether oxygens (including phenoxy) is 2. The molecular formula is C16H21NO4. The van der Waals surface area contributed by atoms with Crippen LogP contribution in [0.25, 0.3) is 0 Å². The minimum atomic E-state index is -0.245. The van der Waals surface area contributed by atoms with E-state index in [1.165, 1.54) is 7.11 Å². The first-order chi connectivity index (χ1) is 10.2. The van der Waals surface area contributed by atoms with Crippen LogP contribution in [-0.2, 0) is 9.53 Å². The summed E-state index contributed by atoms with van der Waals surface area (Å²) >= 11 is 0. The van der Waals surface area contributed by atoms with Gasteiger partial charge in [-0.05, 0) is 31.9 Å². The average molecular weight is 291 g/mol. The van der Waals surface area contributed by atoms with Gasteiger partial charge in [-0.3, -0.25) is 9.59 Å². The molecule has 0 aliphatic carbocycles. The molecule has 1 aliphatic heterocycles. The fraction of sp³-hybridized carbons (Fsp3) is 0.500. The van der Waals surface area contributed by atoms with E-state index in [1.54, 1.807) is 17.0 Å². The predicted octanol–water partition coefficient (Wildman–Crippen LogP) is 2.11. The van der Waals surface area contributed by atoms with Crippen molar-refractivity contribution in [3.8, 4) is 5.75 Å². The van der Waals surface area contributed by atoms with E-state index in [2.05, 4.69) is 0 Å². The molecule has 1 aliphatic rings. The maximum Gasteiger partial charge on any atom is 0.310 e. The highest BCUT2D eigenvalue weighted by molar-refractivity contribution is 5.97. The summed E-state index contributed by atoms with van der Waals surface area (Å²) in [6, 6.07) is 7.21. The third-order valence-electron chi connectivity index (χ3n) is 3.66. The molecule has 0 bridgehead atoms. The quantitative estimate of drug-likeness (QED) is 0.797. The van der Waals surface area contributed by atoms with E-state index in [-0.39, 0.29) is 17.8 Å². The van der Waals surface area contributed by atoms with Crippen molar-refractivity contribution in [1.29, 1.82) is 0 Å². The number of rotatable bonds is 4. The fourth-order valence-corrected chi connectivity index (χ4v) is 2.62. The number of nitrogens with zero attached hydrogens (tertiary/aromatic N) is 1. The highest BCUT2D eigenvalue weighted by Gasteiger charge is 2.30. The number of hydrogen-bond acceptors (Lipinski definition) is 4. The number of methoxy groups -OCH3 is 1. The lowest BCUT2D eigenvalue weighted by Crippen LogP contribution is -2.42. The Balaban J connectivity index is 2.14. The van der Waals surface area contributed by atoms with Gasteiger partial charge in [-0.1, -0.05) is 12.1 Å². The Morgan fingerprint density at radius 2 is 2.10 bits per heavy atom. The molecule has 0 radical (unpaired) electrons. The van der Waals surface area contributed by atoms with Crippen molar-refractivity contribution in [2.75, 3.05) is 26.8 Å². The molecule has 1 saturated heterocycles. The average Bonchev–Trinajstić information content (AvgIpc) is 2.54. The Labute approximate surface area is 124 Å². The van der Waals surface area contributed by atoms with Gasteiger partial charge in [0.05, 0.1) is 25.2 Å². The summed E-state index contributed by atoms with van der Waals surface area (Å²) in [4.78, 5) is 26.0. The highest BCUT2D eigenvalue weighted by Crippen LogP contribution is 2.24. The molecule has 1 fully saturated rings. The molecule has 1 atom stereocenters. The van der Waals surface area contributed by atoms with Crippen LogP contribution >= 0.6 is 0 Å². The summed E-state index contributed by atoms with van der Waals surface area (Å²) in [7, 11) is 1.38. The predicted molar refractivity (Wildman–Crippen MR) is 78.3 cm³/mol. The van der Waals surface area contributed by atoms with E-state index >= 15 is 0 Å². The lowest BCUT2D eigenvalue weighted by Gasteiger charge is -2.31. The van der Waals surface area contributed by atoms with Crippen LogP contribution in [0.1, 0.15) is 30.1 Å². The van der Waals surface area contributed by atoms with Crippen molar-refractivity contribution < 1.29 is 19.1 Å². The number of hydrogen-bond donors (Lipinski definition) is 0. The minimum Gasteiger partial charge on any atom is -0.493 e. The van der Waals surface area contributed by atoms with Crippen molar-refractivity contribution >= 4 is 11.9 Å². The Bertz CT molecular complexity index is 515. The third-order valence-corrected chi connectivity index (χ3v) is 3.66. The zero-order valence-corrected chi connectivity index (χ0v) is 12.5. The molecule has 114 valence electrons. The first-order valence-corrected chi connectivity index (χ1v) is 7.26. The molecule has 2 rings (SSSR count). The van der Waals surface area contributed by atoms with E-state index in [9.17, 15) is 9.59 Å². The topological polar surface area (TPSA) is 55.8 Å². The monoisotopic (exact) mass is 291 g/mol. The standard InChI is InChI=1S/C16H21NO4/c1-3-21-14-9-5-4-8-13(14)15(18)17-10-6-7-12(11-17)16(19)20-2/h4-5,8-9,12H,3,6-7,10-11H2,1-2H3.